The molecule has 4 aliphatic rings. The second-order valence-electron chi connectivity index (χ2n) is 14.2. The molecule has 2 aromatic rings. The van der Waals surface area contributed by atoms with Gasteiger partial charge in [-0.1, -0.05) is 45.6 Å². The molecule has 1 saturated heterocycles. The standard InChI is InChI=1S/C34H49N7O4/c1-22(23-8-9-23)28(24-6-4-7-24)29(39-31(42)26-12-15-37-40(26)3)32(43)38-27-11-10-25(20-35-27)30(41-16-18-45-19-17-41)33(44)36-21-34(2)13-5-14-34/h10-12,15,20,22-24,28-30H,4-9,13-14,16-19,21H2,1-3H3,(H,36,44)(H,39,42)(H,35,38,43)/t22?,28?,29-,30?/m0/s1. The van der Waals surface area contributed by atoms with E-state index < -0.39 is 12.1 Å². The third-order valence-electron chi connectivity index (χ3n) is 10.9. The molecule has 0 bridgehead atoms. The molecule has 3 N–H and O–H groups in total. The van der Waals surface area contributed by atoms with Gasteiger partial charge in [-0.05, 0) is 72.5 Å². The predicted molar refractivity (Wildman–Crippen MR) is 170 cm³/mol. The Kier molecular flexibility index (Phi) is 9.56. The number of aryl methyl sites for hydroxylation is 1. The molecular formula is C34H49N7O4. The van der Waals surface area contributed by atoms with Gasteiger partial charge in [-0.25, -0.2) is 4.98 Å². The lowest BCUT2D eigenvalue weighted by Crippen LogP contribution is -2.54. The molecule has 0 radical (unpaired) electrons. The molecule has 2 aromatic heterocycles. The van der Waals surface area contributed by atoms with Crippen molar-refractivity contribution in [3.63, 3.8) is 0 Å². The minimum atomic E-state index is -0.700. The van der Waals surface area contributed by atoms with Gasteiger partial charge >= 0.3 is 0 Å². The van der Waals surface area contributed by atoms with Crippen molar-refractivity contribution in [1.82, 2.24) is 30.3 Å². The van der Waals surface area contributed by atoms with Crippen LogP contribution >= 0.6 is 0 Å². The summed E-state index contributed by atoms with van der Waals surface area (Å²) in [6.45, 7) is 7.62. The number of carbonyl (C=O) groups excluding carboxylic acids is 3. The van der Waals surface area contributed by atoms with Crippen LogP contribution in [0.1, 0.15) is 87.3 Å². The van der Waals surface area contributed by atoms with Gasteiger partial charge in [0, 0.05) is 39.1 Å². The number of carbonyl (C=O) groups is 3. The highest BCUT2D eigenvalue weighted by Crippen LogP contribution is 2.48. The maximum absolute atomic E-state index is 14.0. The predicted octanol–water partition coefficient (Wildman–Crippen LogP) is 3.69. The zero-order valence-electron chi connectivity index (χ0n) is 27.0. The maximum atomic E-state index is 14.0. The molecule has 3 aliphatic carbocycles. The Morgan fingerprint density at radius 1 is 1.02 bits per heavy atom. The van der Waals surface area contributed by atoms with Crippen LogP contribution < -0.4 is 16.0 Å². The maximum Gasteiger partial charge on any atom is 0.270 e. The van der Waals surface area contributed by atoms with Gasteiger partial charge in [0.25, 0.3) is 5.91 Å². The summed E-state index contributed by atoms with van der Waals surface area (Å²) >= 11 is 0. The van der Waals surface area contributed by atoms with E-state index in [1.807, 2.05) is 6.07 Å². The first-order chi connectivity index (χ1) is 21.7. The van der Waals surface area contributed by atoms with E-state index in [0.717, 1.165) is 37.7 Å². The van der Waals surface area contributed by atoms with Crippen LogP contribution in [-0.2, 0) is 21.4 Å². The molecule has 3 heterocycles. The highest BCUT2D eigenvalue weighted by Gasteiger charge is 2.46. The fourth-order valence-electron chi connectivity index (χ4n) is 7.48. The molecule has 11 heteroatoms. The van der Waals surface area contributed by atoms with Gasteiger partial charge in [0.2, 0.25) is 11.8 Å². The minimum Gasteiger partial charge on any atom is -0.379 e. The Hall–Kier alpha value is -3.31. The zero-order valence-corrected chi connectivity index (χ0v) is 27.0. The third-order valence-corrected chi connectivity index (χ3v) is 10.9. The van der Waals surface area contributed by atoms with E-state index >= 15 is 0 Å². The van der Waals surface area contributed by atoms with Crippen LogP contribution in [0.25, 0.3) is 0 Å². The molecule has 11 nitrogen and oxygen atoms in total. The number of anilines is 1. The molecule has 4 fully saturated rings. The Bertz CT molecular complexity index is 1340. The quantitative estimate of drug-likeness (QED) is 0.312. The first-order valence-corrected chi connectivity index (χ1v) is 16.9. The van der Waals surface area contributed by atoms with E-state index in [4.69, 9.17) is 4.74 Å². The number of amides is 3. The number of rotatable bonds is 13. The molecule has 4 atom stereocenters. The Balaban J connectivity index is 1.19. The summed E-state index contributed by atoms with van der Waals surface area (Å²) in [5.41, 5.74) is 1.37. The highest BCUT2D eigenvalue weighted by molar-refractivity contribution is 6.00. The number of nitrogens with zero attached hydrogens (tertiary/aromatic N) is 4. The number of hydrogen-bond donors (Lipinski definition) is 3. The molecule has 244 valence electrons. The van der Waals surface area contributed by atoms with Crippen LogP contribution in [0.4, 0.5) is 5.82 Å². The molecule has 6 rings (SSSR count). The first kappa shape index (κ1) is 31.7. The van der Waals surface area contributed by atoms with Crippen LogP contribution in [0.3, 0.4) is 0 Å². The van der Waals surface area contributed by atoms with E-state index in [9.17, 15) is 14.4 Å². The monoisotopic (exact) mass is 619 g/mol. The lowest BCUT2D eigenvalue weighted by molar-refractivity contribution is -0.129. The summed E-state index contributed by atoms with van der Waals surface area (Å²) in [6, 6.07) is 4.13. The second kappa shape index (κ2) is 13.6. The molecular weight excluding hydrogens is 570 g/mol. The van der Waals surface area contributed by atoms with E-state index in [0.29, 0.717) is 62.1 Å². The van der Waals surface area contributed by atoms with Gasteiger partial charge in [-0.15, -0.1) is 0 Å². The number of pyridine rings is 1. The van der Waals surface area contributed by atoms with E-state index in [1.165, 1.54) is 23.9 Å². The van der Waals surface area contributed by atoms with Crippen molar-refractivity contribution in [3.8, 4) is 0 Å². The molecule has 0 spiro atoms. The van der Waals surface area contributed by atoms with Gasteiger partial charge in [0.15, 0.2) is 0 Å². The molecule has 1 aliphatic heterocycles. The van der Waals surface area contributed by atoms with Crippen molar-refractivity contribution in [1.29, 1.82) is 0 Å². The van der Waals surface area contributed by atoms with E-state index in [2.05, 4.69) is 44.8 Å². The average molecular weight is 620 g/mol. The number of aromatic nitrogens is 3. The highest BCUT2D eigenvalue weighted by atomic mass is 16.5. The molecule has 0 aromatic carbocycles. The summed E-state index contributed by atoms with van der Waals surface area (Å²) in [5.74, 6) is 1.16. The Labute approximate surface area is 266 Å². The van der Waals surface area contributed by atoms with Gasteiger partial charge in [0.1, 0.15) is 23.6 Å². The normalized spacial score (nSPS) is 22.6. The van der Waals surface area contributed by atoms with Crippen molar-refractivity contribution in [2.75, 3.05) is 38.2 Å². The van der Waals surface area contributed by atoms with Crippen molar-refractivity contribution in [2.45, 2.75) is 77.3 Å². The number of hydrogen-bond acceptors (Lipinski definition) is 7. The van der Waals surface area contributed by atoms with Crippen molar-refractivity contribution in [3.05, 3.63) is 41.9 Å². The summed E-state index contributed by atoms with van der Waals surface area (Å²) < 4.78 is 7.09. The lowest BCUT2D eigenvalue weighted by atomic mass is 9.66. The third kappa shape index (κ3) is 7.25. The van der Waals surface area contributed by atoms with Crippen molar-refractivity contribution in [2.24, 2.45) is 36.1 Å². The number of ether oxygens (including phenoxy) is 1. The summed E-state index contributed by atoms with van der Waals surface area (Å²) in [7, 11) is 1.73. The Morgan fingerprint density at radius 3 is 2.33 bits per heavy atom. The topological polar surface area (TPSA) is 130 Å². The zero-order chi connectivity index (χ0) is 31.6. The average Bonchev–Trinajstić information content (AvgIpc) is 3.76. The molecule has 3 unspecified atom stereocenters. The lowest BCUT2D eigenvalue weighted by Gasteiger charge is -2.42. The largest absolute Gasteiger partial charge is 0.379 e. The fraction of sp³-hybridized carbons (Fsp3) is 0.676. The summed E-state index contributed by atoms with van der Waals surface area (Å²) in [4.78, 5) is 47.8. The van der Waals surface area contributed by atoms with Crippen molar-refractivity contribution < 1.29 is 19.1 Å². The number of morpholine rings is 1. The Morgan fingerprint density at radius 2 is 1.78 bits per heavy atom. The van der Waals surface area contributed by atoms with Crippen LogP contribution in [0, 0.1) is 29.1 Å². The van der Waals surface area contributed by atoms with Gasteiger partial charge < -0.3 is 20.7 Å². The summed E-state index contributed by atoms with van der Waals surface area (Å²) in [5, 5.41) is 13.5. The minimum absolute atomic E-state index is 0.0287. The first-order valence-electron chi connectivity index (χ1n) is 16.9. The summed E-state index contributed by atoms with van der Waals surface area (Å²) in [6.07, 6.45) is 12.4. The smallest absolute Gasteiger partial charge is 0.270 e. The molecule has 45 heavy (non-hydrogen) atoms. The van der Waals surface area contributed by atoms with E-state index in [-0.39, 0.29) is 29.1 Å². The van der Waals surface area contributed by atoms with Crippen molar-refractivity contribution >= 4 is 23.5 Å². The molecule has 3 saturated carbocycles. The van der Waals surface area contributed by atoms with Gasteiger partial charge in [0.05, 0.1) is 13.2 Å². The molecule has 3 amide bonds. The van der Waals surface area contributed by atoms with Crippen LogP contribution in [-0.4, -0.2) is 76.3 Å². The SMILES string of the molecule is CC(C1CC1)C(C1CCC1)[C@H](NC(=O)c1ccnn1C)C(=O)Nc1ccc(C(C(=O)NCC2(C)CCC2)N2CCOCC2)cn1. The van der Waals surface area contributed by atoms with Crippen LogP contribution in [0.2, 0.25) is 0 Å². The number of nitrogens with one attached hydrogen (secondary N) is 3. The van der Waals surface area contributed by atoms with Gasteiger partial charge in [-0.2, -0.15) is 5.10 Å². The van der Waals surface area contributed by atoms with Crippen LogP contribution in [0.5, 0.6) is 0 Å². The van der Waals surface area contributed by atoms with Gasteiger partial charge in [-0.3, -0.25) is 24.0 Å². The van der Waals surface area contributed by atoms with E-state index in [1.54, 1.807) is 31.6 Å². The second-order valence-corrected chi connectivity index (χ2v) is 14.2. The van der Waals surface area contributed by atoms with Crippen LogP contribution in [0.15, 0.2) is 30.6 Å². The fourth-order valence-corrected chi connectivity index (χ4v) is 7.48.